The average molecular weight is 519 g/mol. The molecule has 180 valence electrons. The van der Waals surface area contributed by atoms with Gasteiger partial charge in [-0.3, -0.25) is 0 Å². The number of alkyl halides is 5. The van der Waals surface area contributed by atoms with Crippen LogP contribution in [0.2, 0.25) is 0 Å². The molecule has 1 aliphatic rings. The predicted octanol–water partition coefficient (Wildman–Crippen LogP) is 7.81. The number of benzene rings is 1. The van der Waals surface area contributed by atoms with Gasteiger partial charge in [0.15, 0.2) is 0 Å². The summed E-state index contributed by atoms with van der Waals surface area (Å²) in [7, 11) is 1.41. The Balaban J connectivity index is 0.000000273. The minimum atomic E-state index is -4.28. The highest BCUT2D eigenvalue weighted by Crippen LogP contribution is 2.42. The summed E-state index contributed by atoms with van der Waals surface area (Å²) in [6.45, 7) is 2.20. The standard InChI is InChI=1S/C17H21ClO2S.C8H6ClF3/c1-4-13-11(2)10-15(18)14(13)7-5-6-12-8-9-16(21-12)17(19)20-3;9-5-6-2-1-3-7(4-6)8(10,11)12/h1,8-9,11,13-15H,5-7,10H2,2-3H3;1-4H,5H2/t11-,13+,14-,15-;/m1./s1. The third-order valence-corrected chi connectivity index (χ3v) is 7.68. The second-order valence-electron chi connectivity index (χ2n) is 8.07. The summed E-state index contributed by atoms with van der Waals surface area (Å²) in [6, 6.07) is 8.81. The quantitative estimate of drug-likeness (QED) is 0.221. The van der Waals surface area contributed by atoms with Gasteiger partial charge in [0, 0.05) is 22.1 Å². The molecule has 1 aromatic heterocycles. The smallest absolute Gasteiger partial charge is 0.416 e. The number of terminal acetylenes is 1. The number of esters is 1. The Morgan fingerprint density at radius 3 is 2.64 bits per heavy atom. The van der Waals surface area contributed by atoms with Gasteiger partial charge in [-0.2, -0.15) is 13.2 Å². The first-order valence-corrected chi connectivity index (χ1v) is 12.4. The molecule has 0 aliphatic heterocycles. The van der Waals surface area contributed by atoms with Crippen LogP contribution in [0.5, 0.6) is 0 Å². The van der Waals surface area contributed by atoms with E-state index in [4.69, 9.17) is 34.4 Å². The number of carbonyl (C=O) groups is 1. The summed E-state index contributed by atoms with van der Waals surface area (Å²) in [4.78, 5) is 13.3. The Morgan fingerprint density at radius 2 is 2.03 bits per heavy atom. The number of aryl methyl sites for hydroxylation is 1. The van der Waals surface area contributed by atoms with Crippen LogP contribution in [0.3, 0.4) is 0 Å². The Labute approximate surface area is 207 Å². The summed E-state index contributed by atoms with van der Waals surface area (Å²) >= 11 is 13.3. The maximum atomic E-state index is 12.1. The Bertz CT molecular complexity index is 952. The lowest BCUT2D eigenvalue weighted by Crippen LogP contribution is -2.15. The van der Waals surface area contributed by atoms with Crippen LogP contribution in [0, 0.1) is 30.1 Å². The van der Waals surface area contributed by atoms with Crippen molar-refractivity contribution in [2.75, 3.05) is 7.11 Å². The predicted molar refractivity (Wildman–Crippen MR) is 129 cm³/mol. The molecule has 33 heavy (non-hydrogen) atoms. The molecular formula is C25H27Cl2F3O2S. The largest absolute Gasteiger partial charge is 0.465 e. The minimum Gasteiger partial charge on any atom is -0.465 e. The second kappa shape index (κ2) is 12.7. The molecule has 0 radical (unpaired) electrons. The summed E-state index contributed by atoms with van der Waals surface area (Å²) in [5.74, 6) is 4.02. The number of hydrogen-bond donors (Lipinski definition) is 0. The Hall–Kier alpha value is -1.68. The summed E-state index contributed by atoms with van der Waals surface area (Å²) < 4.78 is 40.9. The molecule has 0 unspecified atom stereocenters. The molecule has 1 fully saturated rings. The van der Waals surface area contributed by atoms with Crippen molar-refractivity contribution in [2.45, 2.75) is 50.0 Å². The van der Waals surface area contributed by atoms with Crippen LogP contribution in [0.4, 0.5) is 13.2 Å². The maximum Gasteiger partial charge on any atom is 0.416 e. The van der Waals surface area contributed by atoms with E-state index < -0.39 is 11.7 Å². The number of rotatable bonds is 6. The molecule has 2 aromatic rings. The summed E-state index contributed by atoms with van der Waals surface area (Å²) in [5, 5.41) is 0.204. The van der Waals surface area contributed by atoms with Crippen molar-refractivity contribution in [1.82, 2.24) is 0 Å². The van der Waals surface area contributed by atoms with Crippen molar-refractivity contribution >= 4 is 40.5 Å². The van der Waals surface area contributed by atoms with E-state index in [0.29, 0.717) is 28.2 Å². The summed E-state index contributed by atoms with van der Waals surface area (Å²) in [5.41, 5.74) is -0.174. The highest BCUT2D eigenvalue weighted by Gasteiger charge is 2.38. The lowest BCUT2D eigenvalue weighted by atomic mass is 9.87. The van der Waals surface area contributed by atoms with E-state index in [1.807, 2.05) is 12.1 Å². The normalized spacial score (nSPS) is 22.2. The summed E-state index contributed by atoms with van der Waals surface area (Å²) in [6.07, 6.45) is 5.47. The molecule has 0 N–H and O–H groups in total. The third kappa shape index (κ3) is 7.95. The van der Waals surface area contributed by atoms with Crippen molar-refractivity contribution in [1.29, 1.82) is 0 Å². The molecule has 1 aliphatic carbocycles. The minimum absolute atomic E-state index is 0.101. The van der Waals surface area contributed by atoms with Crippen LogP contribution in [-0.2, 0) is 23.2 Å². The SMILES string of the molecule is C#C[C@@H]1[C@@H](CCCc2ccc(C(=O)OC)s2)[C@H](Cl)C[C@H]1C.FC(F)(F)c1cccc(CCl)c1. The van der Waals surface area contributed by atoms with E-state index >= 15 is 0 Å². The molecule has 1 saturated carbocycles. The first kappa shape index (κ1) is 27.6. The zero-order valence-electron chi connectivity index (χ0n) is 18.5. The van der Waals surface area contributed by atoms with Gasteiger partial charge < -0.3 is 4.74 Å². The van der Waals surface area contributed by atoms with Gasteiger partial charge >= 0.3 is 12.1 Å². The van der Waals surface area contributed by atoms with Crippen molar-refractivity contribution in [3.05, 3.63) is 57.3 Å². The van der Waals surface area contributed by atoms with E-state index in [9.17, 15) is 18.0 Å². The molecule has 1 aromatic carbocycles. The molecule has 8 heteroatoms. The van der Waals surface area contributed by atoms with Gasteiger partial charge in [0.2, 0.25) is 0 Å². The van der Waals surface area contributed by atoms with Crippen LogP contribution in [-0.4, -0.2) is 18.5 Å². The van der Waals surface area contributed by atoms with Crippen LogP contribution in [0.1, 0.15) is 51.9 Å². The van der Waals surface area contributed by atoms with E-state index in [1.54, 1.807) is 6.07 Å². The molecular weight excluding hydrogens is 492 g/mol. The topological polar surface area (TPSA) is 26.3 Å². The molecule has 0 bridgehead atoms. The maximum absolute atomic E-state index is 12.1. The monoisotopic (exact) mass is 518 g/mol. The Kier molecular flexibility index (Phi) is 10.6. The van der Waals surface area contributed by atoms with Crippen LogP contribution >= 0.6 is 34.5 Å². The van der Waals surface area contributed by atoms with Crippen molar-refractivity contribution in [2.24, 2.45) is 17.8 Å². The zero-order chi connectivity index (χ0) is 24.6. The van der Waals surface area contributed by atoms with Crippen LogP contribution < -0.4 is 0 Å². The number of halogens is 5. The average Bonchev–Trinajstić information content (AvgIpc) is 3.37. The fourth-order valence-electron chi connectivity index (χ4n) is 4.04. The van der Waals surface area contributed by atoms with E-state index in [-0.39, 0.29) is 17.2 Å². The van der Waals surface area contributed by atoms with Crippen LogP contribution in [0.15, 0.2) is 36.4 Å². The fourth-order valence-corrected chi connectivity index (χ4v) is 5.73. The van der Waals surface area contributed by atoms with Gasteiger partial charge in [-0.25, -0.2) is 4.79 Å². The third-order valence-electron chi connectivity index (χ3n) is 5.75. The van der Waals surface area contributed by atoms with Gasteiger partial charge in [-0.1, -0.05) is 25.1 Å². The zero-order valence-corrected chi connectivity index (χ0v) is 20.8. The number of thiophene rings is 1. The number of carbonyl (C=O) groups excluding carboxylic acids is 1. The first-order valence-electron chi connectivity index (χ1n) is 10.6. The van der Waals surface area contributed by atoms with Gasteiger partial charge in [-0.05, 0) is 61.3 Å². The number of ether oxygens (including phenoxy) is 1. The molecule has 1 heterocycles. The number of hydrogen-bond acceptors (Lipinski definition) is 3. The van der Waals surface area contributed by atoms with E-state index in [2.05, 4.69) is 12.8 Å². The lowest BCUT2D eigenvalue weighted by molar-refractivity contribution is -0.137. The molecule has 2 nitrogen and oxygen atoms in total. The van der Waals surface area contributed by atoms with Gasteiger partial charge in [0.25, 0.3) is 0 Å². The van der Waals surface area contributed by atoms with Crippen LogP contribution in [0.25, 0.3) is 0 Å². The van der Waals surface area contributed by atoms with Gasteiger partial charge in [-0.15, -0.1) is 46.9 Å². The first-order chi connectivity index (χ1) is 15.6. The highest BCUT2D eigenvalue weighted by atomic mass is 35.5. The highest BCUT2D eigenvalue weighted by molar-refractivity contribution is 7.13. The van der Waals surface area contributed by atoms with Crippen molar-refractivity contribution < 1.29 is 22.7 Å². The fraction of sp³-hybridized carbons (Fsp3) is 0.480. The van der Waals surface area contributed by atoms with Gasteiger partial charge in [0.05, 0.1) is 12.7 Å². The van der Waals surface area contributed by atoms with Crippen molar-refractivity contribution in [3.8, 4) is 12.3 Å². The Morgan fingerprint density at radius 1 is 1.30 bits per heavy atom. The molecule has 4 atom stereocenters. The van der Waals surface area contributed by atoms with Crippen molar-refractivity contribution in [3.63, 3.8) is 0 Å². The molecule has 0 amide bonds. The lowest BCUT2D eigenvalue weighted by Gasteiger charge is -2.18. The second-order valence-corrected chi connectivity index (χ2v) is 10.1. The molecule has 0 saturated heterocycles. The molecule has 0 spiro atoms. The van der Waals surface area contributed by atoms with E-state index in [1.165, 1.54) is 29.4 Å². The molecule has 3 rings (SSSR count). The number of methoxy groups -OCH3 is 1. The van der Waals surface area contributed by atoms with Gasteiger partial charge in [0.1, 0.15) is 4.88 Å². The van der Waals surface area contributed by atoms with E-state index in [0.717, 1.165) is 37.8 Å².